The second-order valence-electron chi connectivity index (χ2n) is 5.35. The molecule has 0 saturated heterocycles. The Morgan fingerprint density at radius 3 is 2.10 bits per heavy atom. The van der Waals surface area contributed by atoms with Crippen molar-refractivity contribution in [2.75, 3.05) is 0 Å². The Labute approximate surface area is 129 Å². The molecule has 2 N–H and O–H groups in total. The molecule has 1 unspecified atom stereocenters. The minimum atomic E-state index is -0.974. The van der Waals surface area contributed by atoms with Crippen molar-refractivity contribution in [3.05, 3.63) is 83.9 Å². The topological polar surface area (TPSA) is 26.0 Å². The van der Waals surface area contributed by atoms with Gasteiger partial charge in [0.25, 0.3) is 0 Å². The largest absolute Gasteiger partial charge is 0.305 e. The summed E-state index contributed by atoms with van der Waals surface area (Å²) in [5.74, 6) is 0. The Bertz CT molecular complexity index is 822. The van der Waals surface area contributed by atoms with E-state index in [1.807, 2.05) is 36.4 Å². The molecule has 0 bridgehead atoms. The second kappa shape index (κ2) is 4.45. The first-order valence-electron chi connectivity index (χ1n) is 6.96. The molecule has 102 valence electrons. The lowest BCUT2D eigenvalue weighted by molar-refractivity contribution is 0.802. The summed E-state index contributed by atoms with van der Waals surface area (Å²) in [6, 6.07) is 24.6. The SMILES string of the molecule is NC1(Cl)c2ccccc2-c2cccc(-c3ccccc3)c21. The van der Waals surface area contributed by atoms with Crippen molar-refractivity contribution >= 4 is 11.6 Å². The maximum Gasteiger partial charge on any atom is 0.144 e. The number of halogens is 1. The van der Waals surface area contributed by atoms with Gasteiger partial charge < -0.3 is 5.73 Å². The molecule has 2 heteroatoms. The molecular formula is C19H14ClN. The predicted molar refractivity (Wildman–Crippen MR) is 88.1 cm³/mol. The van der Waals surface area contributed by atoms with E-state index < -0.39 is 5.00 Å². The first-order valence-corrected chi connectivity index (χ1v) is 7.34. The van der Waals surface area contributed by atoms with E-state index in [0.29, 0.717) is 0 Å². The molecule has 0 saturated carbocycles. The molecule has 0 radical (unpaired) electrons. The molecule has 21 heavy (non-hydrogen) atoms. The van der Waals surface area contributed by atoms with E-state index in [1.165, 1.54) is 0 Å². The number of benzene rings is 3. The lowest BCUT2D eigenvalue weighted by Gasteiger charge is -2.21. The van der Waals surface area contributed by atoms with Crippen LogP contribution < -0.4 is 5.73 Å². The van der Waals surface area contributed by atoms with Gasteiger partial charge in [-0.3, -0.25) is 0 Å². The van der Waals surface area contributed by atoms with E-state index >= 15 is 0 Å². The van der Waals surface area contributed by atoms with Gasteiger partial charge in [-0.2, -0.15) is 0 Å². The third-order valence-electron chi connectivity index (χ3n) is 4.12. The summed E-state index contributed by atoms with van der Waals surface area (Å²) in [6.45, 7) is 0. The summed E-state index contributed by atoms with van der Waals surface area (Å²) in [4.78, 5) is -0.974. The molecule has 0 spiro atoms. The van der Waals surface area contributed by atoms with Gasteiger partial charge in [-0.05, 0) is 27.8 Å². The Morgan fingerprint density at radius 1 is 0.667 bits per heavy atom. The first-order chi connectivity index (χ1) is 10.2. The maximum absolute atomic E-state index is 6.76. The zero-order chi connectivity index (χ0) is 14.4. The van der Waals surface area contributed by atoms with Gasteiger partial charge in [0.15, 0.2) is 0 Å². The van der Waals surface area contributed by atoms with E-state index in [4.69, 9.17) is 17.3 Å². The lowest BCUT2D eigenvalue weighted by atomic mass is 9.94. The average molecular weight is 292 g/mol. The fourth-order valence-corrected chi connectivity index (χ4v) is 3.57. The van der Waals surface area contributed by atoms with Crippen LogP contribution in [0.2, 0.25) is 0 Å². The van der Waals surface area contributed by atoms with Crippen LogP contribution in [0.1, 0.15) is 11.1 Å². The normalized spacial score (nSPS) is 19.1. The van der Waals surface area contributed by atoms with Crippen LogP contribution in [0, 0.1) is 0 Å². The Kier molecular flexibility index (Phi) is 2.68. The standard InChI is InChI=1S/C19H14ClN/c20-19(21)17-12-5-4-9-15(17)16-11-6-10-14(18(16)19)13-7-2-1-3-8-13/h1-12H,21H2. The van der Waals surface area contributed by atoms with Gasteiger partial charge in [0, 0.05) is 5.56 Å². The van der Waals surface area contributed by atoms with E-state index in [0.717, 1.165) is 33.4 Å². The van der Waals surface area contributed by atoms with Gasteiger partial charge in [0.1, 0.15) is 5.00 Å². The van der Waals surface area contributed by atoms with Crippen molar-refractivity contribution in [3.8, 4) is 22.3 Å². The van der Waals surface area contributed by atoms with E-state index in [1.54, 1.807) is 0 Å². The molecule has 1 nitrogen and oxygen atoms in total. The van der Waals surface area contributed by atoms with Gasteiger partial charge >= 0.3 is 0 Å². The smallest absolute Gasteiger partial charge is 0.144 e. The van der Waals surface area contributed by atoms with Gasteiger partial charge in [-0.1, -0.05) is 84.4 Å². The summed E-state index contributed by atoms with van der Waals surface area (Å²) in [5, 5.41) is 0. The van der Waals surface area contributed by atoms with Crippen LogP contribution in [0.4, 0.5) is 0 Å². The van der Waals surface area contributed by atoms with E-state index in [9.17, 15) is 0 Å². The van der Waals surface area contributed by atoms with E-state index in [-0.39, 0.29) is 0 Å². The van der Waals surface area contributed by atoms with Crippen molar-refractivity contribution in [2.45, 2.75) is 5.00 Å². The minimum Gasteiger partial charge on any atom is -0.305 e. The molecule has 0 aliphatic heterocycles. The molecule has 1 aliphatic rings. The number of hydrogen-bond acceptors (Lipinski definition) is 1. The Balaban J connectivity index is 2.06. The molecule has 3 aromatic carbocycles. The van der Waals surface area contributed by atoms with Crippen molar-refractivity contribution < 1.29 is 0 Å². The fraction of sp³-hybridized carbons (Fsp3) is 0.0526. The van der Waals surface area contributed by atoms with Crippen LogP contribution in [0.25, 0.3) is 22.3 Å². The molecule has 3 aromatic rings. The first kappa shape index (κ1) is 12.6. The van der Waals surface area contributed by atoms with Gasteiger partial charge in [-0.15, -0.1) is 0 Å². The number of hydrogen-bond donors (Lipinski definition) is 1. The molecule has 0 aromatic heterocycles. The molecule has 0 fully saturated rings. The van der Waals surface area contributed by atoms with Crippen LogP contribution in [0.15, 0.2) is 72.8 Å². The van der Waals surface area contributed by atoms with Crippen molar-refractivity contribution in [1.29, 1.82) is 0 Å². The maximum atomic E-state index is 6.76. The average Bonchev–Trinajstić information content (AvgIpc) is 2.77. The summed E-state index contributed by atoms with van der Waals surface area (Å²) in [7, 11) is 0. The third-order valence-corrected chi connectivity index (χ3v) is 4.51. The number of fused-ring (bicyclic) bond motifs is 3. The summed E-state index contributed by atoms with van der Waals surface area (Å²) < 4.78 is 0. The van der Waals surface area contributed by atoms with Gasteiger partial charge in [-0.25, -0.2) is 0 Å². The van der Waals surface area contributed by atoms with E-state index in [2.05, 4.69) is 36.4 Å². The summed E-state index contributed by atoms with van der Waals surface area (Å²) in [5.41, 5.74) is 13.0. The predicted octanol–water partition coefficient (Wildman–Crippen LogP) is 4.73. The summed E-state index contributed by atoms with van der Waals surface area (Å²) >= 11 is 6.76. The number of rotatable bonds is 1. The second-order valence-corrected chi connectivity index (χ2v) is 5.95. The van der Waals surface area contributed by atoms with Crippen LogP contribution in [-0.2, 0) is 5.00 Å². The monoisotopic (exact) mass is 291 g/mol. The molecular weight excluding hydrogens is 278 g/mol. The van der Waals surface area contributed by atoms with Crippen molar-refractivity contribution in [1.82, 2.24) is 0 Å². The minimum absolute atomic E-state index is 0.974. The zero-order valence-electron chi connectivity index (χ0n) is 11.4. The van der Waals surface area contributed by atoms with Crippen LogP contribution >= 0.6 is 11.6 Å². The van der Waals surface area contributed by atoms with Crippen molar-refractivity contribution in [3.63, 3.8) is 0 Å². The number of nitrogens with two attached hydrogens (primary N) is 1. The number of alkyl halides is 1. The Hall–Kier alpha value is -2.09. The zero-order valence-corrected chi connectivity index (χ0v) is 12.1. The quantitative estimate of drug-likeness (QED) is 0.509. The molecule has 4 rings (SSSR count). The summed E-state index contributed by atoms with van der Waals surface area (Å²) in [6.07, 6.45) is 0. The highest BCUT2D eigenvalue weighted by atomic mass is 35.5. The highest BCUT2D eigenvalue weighted by molar-refractivity contribution is 6.28. The molecule has 1 atom stereocenters. The van der Waals surface area contributed by atoms with Crippen LogP contribution in [0.3, 0.4) is 0 Å². The van der Waals surface area contributed by atoms with Crippen LogP contribution in [-0.4, -0.2) is 0 Å². The van der Waals surface area contributed by atoms with Crippen LogP contribution in [0.5, 0.6) is 0 Å². The fourth-order valence-electron chi connectivity index (χ4n) is 3.20. The molecule has 1 aliphatic carbocycles. The molecule has 0 heterocycles. The lowest BCUT2D eigenvalue weighted by Crippen LogP contribution is -2.29. The van der Waals surface area contributed by atoms with Crippen molar-refractivity contribution in [2.24, 2.45) is 5.73 Å². The molecule has 0 amide bonds. The highest BCUT2D eigenvalue weighted by Gasteiger charge is 2.40. The third kappa shape index (κ3) is 1.75. The highest BCUT2D eigenvalue weighted by Crippen LogP contribution is 2.51. The Morgan fingerprint density at radius 2 is 1.29 bits per heavy atom. The van der Waals surface area contributed by atoms with Gasteiger partial charge in [0.2, 0.25) is 0 Å². The van der Waals surface area contributed by atoms with Gasteiger partial charge in [0.05, 0.1) is 0 Å².